The molecule has 1 aromatic rings. The van der Waals surface area contributed by atoms with E-state index in [9.17, 15) is 4.39 Å². The highest BCUT2D eigenvalue weighted by Crippen LogP contribution is 2.38. The van der Waals surface area contributed by atoms with E-state index >= 15 is 0 Å². The summed E-state index contributed by atoms with van der Waals surface area (Å²) in [5.74, 6) is 0.675. The van der Waals surface area contributed by atoms with Crippen LogP contribution in [0.3, 0.4) is 0 Å². The lowest BCUT2D eigenvalue weighted by molar-refractivity contribution is 0.245. The number of hydrogen-bond donors (Lipinski definition) is 0. The fraction of sp³-hybridized carbons (Fsp3) is 0.538. The second-order valence-electron chi connectivity index (χ2n) is 4.36. The van der Waals surface area contributed by atoms with Gasteiger partial charge in [0, 0.05) is 4.47 Å². The van der Waals surface area contributed by atoms with Gasteiger partial charge in [-0.15, -0.1) is 0 Å². The molecule has 2 heteroatoms. The van der Waals surface area contributed by atoms with Crippen molar-refractivity contribution < 1.29 is 4.39 Å². The fourth-order valence-corrected chi connectivity index (χ4v) is 2.99. The maximum Gasteiger partial charge on any atom is 0.0928 e. The zero-order valence-electron chi connectivity index (χ0n) is 8.76. The van der Waals surface area contributed by atoms with Gasteiger partial charge in [-0.2, -0.15) is 0 Å². The summed E-state index contributed by atoms with van der Waals surface area (Å²) in [5, 5.41) is 0. The molecule has 0 nitrogen and oxygen atoms in total. The fourth-order valence-electron chi connectivity index (χ4n) is 2.57. The molecule has 0 aliphatic heterocycles. The molecule has 82 valence electrons. The predicted molar refractivity (Wildman–Crippen MR) is 64.8 cm³/mol. The summed E-state index contributed by atoms with van der Waals surface area (Å²) in [4.78, 5) is 0. The SMILES string of the molecule is FCC1CCCCC1c1cccc(Br)c1. The first-order valence-corrected chi connectivity index (χ1v) is 6.42. The molecule has 1 aliphatic carbocycles. The monoisotopic (exact) mass is 270 g/mol. The van der Waals surface area contributed by atoms with E-state index in [-0.39, 0.29) is 12.6 Å². The largest absolute Gasteiger partial charge is 0.251 e. The molecule has 0 saturated heterocycles. The minimum atomic E-state index is -0.169. The standard InChI is InChI=1S/C13H16BrF/c14-12-6-3-5-10(8-12)13-7-2-1-4-11(13)9-15/h3,5-6,8,11,13H,1-2,4,7,9H2. The van der Waals surface area contributed by atoms with Crippen molar-refractivity contribution in [2.45, 2.75) is 31.6 Å². The molecule has 1 fully saturated rings. The van der Waals surface area contributed by atoms with Crippen LogP contribution >= 0.6 is 15.9 Å². The molecule has 0 spiro atoms. The first kappa shape index (κ1) is 11.1. The number of rotatable bonds is 2. The average Bonchev–Trinajstić information content (AvgIpc) is 2.29. The Bertz CT molecular complexity index is 324. The molecule has 0 amide bonds. The lowest BCUT2D eigenvalue weighted by atomic mass is 9.76. The molecule has 0 N–H and O–H groups in total. The van der Waals surface area contributed by atoms with E-state index < -0.39 is 0 Å². The minimum absolute atomic E-state index is 0.169. The summed E-state index contributed by atoms with van der Waals surface area (Å²) in [6.07, 6.45) is 4.63. The Hall–Kier alpha value is -0.370. The van der Waals surface area contributed by atoms with Crippen LogP contribution in [0, 0.1) is 5.92 Å². The van der Waals surface area contributed by atoms with Crippen molar-refractivity contribution in [3.63, 3.8) is 0 Å². The first-order chi connectivity index (χ1) is 7.31. The maximum absolute atomic E-state index is 12.9. The summed E-state index contributed by atoms with van der Waals surface area (Å²) in [5.41, 5.74) is 1.30. The summed E-state index contributed by atoms with van der Waals surface area (Å²) in [7, 11) is 0. The van der Waals surface area contributed by atoms with Crippen LogP contribution in [0.2, 0.25) is 0 Å². The van der Waals surface area contributed by atoms with Gasteiger partial charge in [0.1, 0.15) is 0 Å². The number of alkyl halides is 1. The van der Waals surface area contributed by atoms with Crippen LogP contribution < -0.4 is 0 Å². The highest BCUT2D eigenvalue weighted by molar-refractivity contribution is 9.10. The number of halogens is 2. The van der Waals surface area contributed by atoms with Crippen LogP contribution in [0.15, 0.2) is 28.7 Å². The lowest BCUT2D eigenvalue weighted by Gasteiger charge is -2.30. The van der Waals surface area contributed by atoms with Crippen LogP contribution in [0.1, 0.15) is 37.2 Å². The summed E-state index contributed by atoms with van der Waals surface area (Å²) < 4.78 is 14.0. The van der Waals surface area contributed by atoms with Crippen molar-refractivity contribution in [2.75, 3.05) is 6.67 Å². The van der Waals surface area contributed by atoms with Crippen molar-refractivity contribution in [1.29, 1.82) is 0 Å². The summed E-state index contributed by atoms with van der Waals surface area (Å²) in [6, 6.07) is 8.34. The highest BCUT2D eigenvalue weighted by atomic mass is 79.9. The number of hydrogen-bond acceptors (Lipinski definition) is 0. The second kappa shape index (κ2) is 5.11. The Labute approximate surface area is 99.0 Å². The van der Waals surface area contributed by atoms with Crippen molar-refractivity contribution in [3.05, 3.63) is 34.3 Å². The van der Waals surface area contributed by atoms with Gasteiger partial charge in [0.15, 0.2) is 0 Å². The molecular formula is C13H16BrF. The third-order valence-electron chi connectivity index (χ3n) is 3.38. The molecule has 1 saturated carbocycles. The highest BCUT2D eigenvalue weighted by Gasteiger charge is 2.26. The zero-order chi connectivity index (χ0) is 10.7. The van der Waals surface area contributed by atoms with Gasteiger partial charge >= 0.3 is 0 Å². The Kier molecular flexibility index (Phi) is 3.79. The molecule has 0 bridgehead atoms. The maximum atomic E-state index is 12.9. The van der Waals surface area contributed by atoms with Gasteiger partial charge in [-0.05, 0) is 42.4 Å². The van der Waals surface area contributed by atoms with Crippen LogP contribution in [0.25, 0.3) is 0 Å². The third-order valence-corrected chi connectivity index (χ3v) is 3.88. The molecule has 2 unspecified atom stereocenters. The van der Waals surface area contributed by atoms with Crippen LogP contribution in [-0.4, -0.2) is 6.67 Å². The van der Waals surface area contributed by atoms with Gasteiger partial charge in [0.25, 0.3) is 0 Å². The molecule has 0 aromatic heterocycles. The molecule has 0 radical (unpaired) electrons. The van der Waals surface area contributed by atoms with Crippen molar-refractivity contribution in [1.82, 2.24) is 0 Å². The lowest BCUT2D eigenvalue weighted by Crippen LogP contribution is -2.19. The van der Waals surface area contributed by atoms with E-state index in [0.717, 1.165) is 17.3 Å². The summed E-state index contributed by atoms with van der Waals surface area (Å²) in [6.45, 7) is -0.169. The zero-order valence-corrected chi connectivity index (χ0v) is 10.3. The first-order valence-electron chi connectivity index (χ1n) is 5.62. The minimum Gasteiger partial charge on any atom is -0.251 e. The van der Waals surface area contributed by atoms with Gasteiger partial charge in [-0.1, -0.05) is 40.9 Å². The molecule has 2 rings (SSSR count). The van der Waals surface area contributed by atoms with E-state index in [2.05, 4.69) is 28.1 Å². The predicted octanol–water partition coefficient (Wildman–Crippen LogP) is 4.69. The third kappa shape index (κ3) is 2.60. The van der Waals surface area contributed by atoms with Gasteiger partial charge in [0.2, 0.25) is 0 Å². The van der Waals surface area contributed by atoms with E-state index in [1.165, 1.54) is 18.4 Å². The van der Waals surface area contributed by atoms with Gasteiger partial charge in [-0.25, -0.2) is 0 Å². The Balaban J connectivity index is 2.20. The smallest absolute Gasteiger partial charge is 0.0928 e. The van der Waals surface area contributed by atoms with E-state index in [1.807, 2.05) is 12.1 Å². The molecular weight excluding hydrogens is 255 g/mol. The van der Waals surface area contributed by atoms with Crippen LogP contribution in [0.5, 0.6) is 0 Å². The van der Waals surface area contributed by atoms with Crippen molar-refractivity contribution in [2.24, 2.45) is 5.92 Å². The molecule has 15 heavy (non-hydrogen) atoms. The van der Waals surface area contributed by atoms with Gasteiger partial charge in [-0.3, -0.25) is 4.39 Å². The van der Waals surface area contributed by atoms with E-state index in [1.54, 1.807) is 0 Å². The topological polar surface area (TPSA) is 0 Å². The Morgan fingerprint density at radius 1 is 1.27 bits per heavy atom. The Morgan fingerprint density at radius 3 is 2.80 bits per heavy atom. The van der Waals surface area contributed by atoms with Crippen molar-refractivity contribution in [3.8, 4) is 0 Å². The molecule has 2 atom stereocenters. The second-order valence-corrected chi connectivity index (χ2v) is 5.28. The molecule has 1 aromatic carbocycles. The Morgan fingerprint density at radius 2 is 2.07 bits per heavy atom. The normalized spacial score (nSPS) is 26.5. The van der Waals surface area contributed by atoms with E-state index in [4.69, 9.17) is 0 Å². The van der Waals surface area contributed by atoms with Gasteiger partial charge < -0.3 is 0 Å². The van der Waals surface area contributed by atoms with Crippen LogP contribution in [0.4, 0.5) is 4.39 Å². The van der Waals surface area contributed by atoms with Crippen molar-refractivity contribution >= 4 is 15.9 Å². The summed E-state index contributed by atoms with van der Waals surface area (Å²) >= 11 is 3.48. The van der Waals surface area contributed by atoms with Gasteiger partial charge in [0.05, 0.1) is 6.67 Å². The molecule has 1 aliphatic rings. The van der Waals surface area contributed by atoms with E-state index in [0.29, 0.717) is 5.92 Å². The molecule has 0 heterocycles. The number of benzene rings is 1. The van der Waals surface area contributed by atoms with Crippen LogP contribution in [-0.2, 0) is 0 Å². The average molecular weight is 271 g/mol. The quantitative estimate of drug-likeness (QED) is 0.731.